The molecule has 2 amide bonds. The molecule has 0 spiro atoms. The smallest absolute Gasteiger partial charge is 0.262 e. The van der Waals surface area contributed by atoms with E-state index >= 15 is 0 Å². The molecule has 0 fully saturated rings. The standard InChI is InChI=1S/C19H13N5O3/c1-22-16(25)13-8-4-5-9-14(13)24-15(20-21-19(22)24)10-23-17(26)11-6-2-3-7-12(11)18(23)27/h2-9H,10H2,1H3. The SMILES string of the molecule is Cn1c(=O)c2ccccc2n2c(CN3C(=O)c4ccccc4C3=O)nnc12. The van der Waals surface area contributed by atoms with Crippen LogP contribution in [0.2, 0.25) is 0 Å². The zero-order valence-corrected chi connectivity index (χ0v) is 14.3. The zero-order valence-electron chi connectivity index (χ0n) is 14.3. The summed E-state index contributed by atoms with van der Waals surface area (Å²) in [6, 6.07) is 13.8. The topological polar surface area (TPSA) is 89.6 Å². The molecule has 0 N–H and O–H groups in total. The Hall–Kier alpha value is -3.81. The van der Waals surface area contributed by atoms with Gasteiger partial charge in [-0.15, -0.1) is 10.2 Å². The molecule has 2 aromatic carbocycles. The fourth-order valence-corrected chi connectivity index (χ4v) is 3.52. The van der Waals surface area contributed by atoms with Crippen molar-refractivity contribution in [2.75, 3.05) is 0 Å². The Morgan fingerprint density at radius 2 is 1.48 bits per heavy atom. The lowest BCUT2D eigenvalue weighted by molar-refractivity contribution is 0.0638. The first-order chi connectivity index (χ1) is 13.1. The molecular formula is C19H13N5O3. The number of hydrogen-bond acceptors (Lipinski definition) is 5. The predicted molar refractivity (Wildman–Crippen MR) is 96.4 cm³/mol. The molecule has 0 aliphatic carbocycles. The van der Waals surface area contributed by atoms with Crippen LogP contribution in [0.25, 0.3) is 16.7 Å². The van der Waals surface area contributed by atoms with Gasteiger partial charge in [0.2, 0.25) is 5.78 Å². The minimum atomic E-state index is -0.360. The van der Waals surface area contributed by atoms with Gasteiger partial charge in [0.15, 0.2) is 5.82 Å². The minimum absolute atomic E-state index is 0.0320. The largest absolute Gasteiger partial charge is 0.279 e. The molecule has 0 bridgehead atoms. The first kappa shape index (κ1) is 15.4. The van der Waals surface area contributed by atoms with E-state index in [1.165, 1.54) is 4.57 Å². The van der Waals surface area contributed by atoms with Gasteiger partial charge in [-0.2, -0.15) is 0 Å². The van der Waals surface area contributed by atoms with Gasteiger partial charge >= 0.3 is 0 Å². The van der Waals surface area contributed by atoms with Crippen LogP contribution in [-0.4, -0.2) is 35.9 Å². The molecule has 0 saturated heterocycles. The van der Waals surface area contributed by atoms with Gasteiger partial charge in [-0.25, -0.2) is 0 Å². The van der Waals surface area contributed by atoms with Crippen LogP contribution in [0, 0.1) is 0 Å². The third-order valence-corrected chi connectivity index (χ3v) is 4.87. The van der Waals surface area contributed by atoms with E-state index in [9.17, 15) is 14.4 Å². The Balaban J connectivity index is 1.69. The van der Waals surface area contributed by atoms with E-state index < -0.39 is 0 Å². The van der Waals surface area contributed by atoms with Crippen molar-refractivity contribution >= 4 is 28.5 Å². The number of benzene rings is 2. The third kappa shape index (κ3) is 2.00. The van der Waals surface area contributed by atoms with Crippen LogP contribution in [0.4, 0.5) is 0 Å². The molecule has 1 aliphatic rings. The predicted octanol–water partition coefficient (Wildman–Crippen LogP) is 1.38. The maximum absolute atomic E-state index is 12.6. The van der Waals surface area contributed by atoms with Gasteiger partial charge in [-0.3, -0.25) is 28.3 Å². The average molecular weight is 359 g/mol. The number of fused-ring (bicyclic) bond motifs is 4. The number of aromatic nitrogens is 4. The van der Waals surface area contributed by atoms with Crippen molar-refractivity contribution in [1.82, 2.24) is 24.1 Å². The van der Waals surface area contributed by atoms with Crippen molar-refractivity contribution in [1.29, 1.82) is 0 Å². The lowest BCUT2D eigenvalue weighted by atomic mass is 10.1. The van der Waals surface area contributed by atoms with Gasteiger partial charge in [0.25, 0.3) is 17.4 Å². The monoisotopic (exact) mass is 359 g/mol. The van der Waals surface area contributed by atoms with Crippen LogP contribution in [0.15, 0.2) is 53.3 Å². The van der Waals surface area contributed by atoms with E-state index in [4.69, 9.17) is 0 Å². The highest BCUT2D eigenvalue weighted by Gasteiger charge is 2.36. The van der Waals surface area contributed by atoms with Crippen LogP contribution >= 0.6 is 0 Å². The summed E-state index contributed by atoms with van der Waals surface area (Å²) in [5.74, 6) is 0.0413. The second-order valence-corrected chi connectivity index (χ2v) is 6.37. The van der Waals surface area contributed by atoms with E-state index in [2.05, 4.69) is 10.2 Å². The Morgan fingerprint density at radius 3 is 2.19 bits per heavy atom. The number of nitrogens with zero attached hydrogens (tertiary/aromatic N) is 5. The minimum Gasteiger partial charge on any atom is -0.279 e. The quantitative estimate of drug-likeness (QED) is 0.505. The summed E-state index contributed by atoms with van der Waals surface area (Å²) >= 11 is 0. The van der Waals surface area contributed by atoms with Crippen LogP contribution < -0.4 is 5.56 Å². The number of imide groups is 1. The summed E-state index contributed by atoms with van der Waals surface area (Å²) in [6.45, 7) is -0.0320. The highest BCUT2D eigenvalue weighted by atomic mass is 16.2. The number of carbonyl (C=O) groups excluding carboxylic acids is 2. The molecule has 2 aromatic heterocycles. The molecule has 132 valence electrons. The van der Waals surface area contributed by atoms with Gasteiger partial charge in [0.05, 0.1) is 28.6 Å². The lowest BCUT2D eigenvalue weighted by Gasteiger charge is -2.13. The molecule has 5 rings (SSSR count). The maximum Gasteiger partial charge on any atom is 0.262 e. The number of rotatable bonds is 2. The van der Waals surface area contributed by atoms with Gasteiger partial charge in [0.1, 0.15) is 0 Å². The molecule has 27 heavy (non-hydrogen) atoms. The second-order valence-electron chi connectivity index (χ2n) is 6.37. The van der Waals surface area contributed by atoms with Crippen molar-refractivity contribution in [3.8, 4) is 0 Å². The summed E-state index contributed by atoms with van der Waals surface area (Å²) in [5, 5.41) is 8.76. The molecule has 0 radical (unpaired) electrons. The normalized spacial score (nSPS) is 13.7. The molecule has 0 unspecified atom stereocenters. The first-order valence-corrected chi connectivity index (χ1v) is 8.35. The number of aryl methyl sites for hydroxylation is 1. The highest BCUT2D eigenvalue weighted by Crippen LogP contribution is 2.24. The average Bonchev–Trinajstić information content (AvgIpc) is 3.22. The van der Waals surface area contributed by atoms with Gasteiger partial charge in [0, 0.05) is 7.05 Å². The van der Waals surface area contributed by atoms with Gasteiger partial charge < -0.3 is 0 Å². The fourth-order valence-electron chi connectivity index (χ4n) is 3.52. The summed E-state index contributed by atoms with van der Waals surface area (Å²) in [5.41, 5.74) is 1.21. The van der Waals surface area contributed by atoms with Crippen LogP contribution in [0.3, 0.4) is 0 Å². The lowest BCUT2D eigenvalue weighted by Crippen LogP contribution is -2.30. The van der Waals surface area contributed by atoms with Crippen LogP contribution in [0.1, 0.15) is 26.5 Å². The zero-order chi connectivity index (χ0) is 18.7. The van der Waals surface area contributed by atoms with Crippen molar-refractivity contribution in [2.45, 2.75) is 6.54 Å². The van der Waals surface area contributed by atoms with E-state index in [0.29, 0.717) is 33.6 Å². The number of para-hydroxylation sites is 1. The van der Waals surface area contributed by atoms with E-state index in [-0.39, 0.29) is 23.9 Å². The number of amides is 2. The molecule has 1 aliphatic heterocycles. The van der Waals surface area contributed by atoms with Crippen molar-refractivity contribution < 1.29 is 9.59 Å². The first-order valence-electron chi connectivity index (χ1n) is 8.35. The van der Waals surface area contributed by atoms with E-state index in [1.54, 1.807) is 53.9 Å². The van der Waals surface area contributed by atoms with Crippen molar-refractivity contribution in [2.24, 2.45) is 7.05 Å². The summed E-state index contributed by atoms with van der Waals surface area (Å²) < 4.78 is 3.11. The summed E-state index contributed by atoms with van der Waals surface area (Å²) in [7, 11) is 1.62. The molecule has 3 heterocycles. The summed E-state index contributed by atoms with van der Waals surface area (Å²) in [4.78, 5) is 39.0. The Labute approximate surface area is 152 Å². The molecule has 8 nitrogen and oxygen atoms in total. The fraction of sp³-hybridized carbons (Fsp3) is 0.105. The molecule has 0 atom stereocenters. The maximum atomic E-state index is 12.6. The molecule has 8 heteroatoms. The van der Waals surface area contributed by atoms with Crippen LogP contribution in [-0.2, 0) is 13.6 Å². The Morgan fingerprint density at radius 1 is 0.852 bits per heavy atom. The highest BCUT2D eigenvalue weighted by molar-refractivity contribution is 6.21. The van der Waals surface area contributed by atoms with Crippen molar-refractivity contribution in [3.63, 3.8) is 0 Å². The number of hydrogen-bond donors (Lipinski definition) is 0. The third-order valence-electron chi connectivity index (χ3n) is 4.87. The van der Waals surface area contributed by atoms with Crippen LogP contribution in [0.5, 0.6) is 0 Å². The molecule has 4 aromatic rings. The summed E-state index contributed by atoms with van der Waals surface area (Å²) in [6.07, 6.45) is 0. The molecule has 0 saturated carbocycles. The Kier molecular flexibility index (Phi) is 3.06. The Bertz CT molecular complexity index is 1300. The van der Waals surface area contributed by atoms with E-state index in [0.717, 1.165) is 4.90 Å². The van der Waals surface area contributed by atoms with Crippen molar-refractivity contribution in [3.05, 3.63) is 75.8 Å². The second kappa shape index (κ2) is 5.34. The molecular weight excluding hydrogens is 346 g/mol. The number of carbonyl (C=O) groups is 2. The van der Waals surface area contributed by atoms with Gasteiger partial charge in [-0.1, -0.05) is 24.3 Å². The van der Waals surface area contributed by atoms with E-state index in [1.807, 2.05) is 6.07 Å². The van der Waals surface area contributed by atoms with Gasteiger partial charge in [-0.05, 0) is 24.3 Å².